The summed E-state index contributed by atoms with van der Waals surface area (Å²) in [7, 11) is 0. The van der Waals surface area contributed by atoms with Gasteiger partial charge < -0.3 is 14.3 Å². The molecule has 8 heteroatoms. The molecular weight excluding hydrogens is 496 g/mol. The Hall–Kier alpha value is -3.91. The van der Waals surface area contributed by atoms with E-state index in [1.165, 1.54) is 0 Å². The van der Waals surface area contributed by atoms with E-state index in [2.05, 4.69) is 11.2 Å². The van der Waals surface area contributed by atoms with Gasteiger partial charge in [0.1, 0.15) is 0 Å². The molecular formula is C30H26N4O3S. The van der Waals surface area contributed by atoms with Gasteiger partial charge in [-0.1, -0.05) is 60.1 Å². The number of aromatic nitrogens is 2. The topological polar surface area (TPSA) is 79.5 Å². The van der Waals surface area contributed by atoms with Gasteiger partial charge in [-0.3, -0.25) is 9.59 Å². The fourth-order valence-corrected chi connectivity index (χ4v) is 6.90. The summed E-state index contributed by atoms with van der Waals surface area (Å²) in [5, 5.41) is 4.28. The molecule has 2 fully saturated rings. The molecule has 4 aromatic rings. The van der Waals surface area contributed by atoms with Crippen molar-refractivity contribution in [1.29, 1.82) is 0 Å². The summed E-state index contributed by atoms with van der Waals surface area (Å²) >= 11 is 1.61. The standard InChI is InChI=1S/C30H26N4O3S/c35-27-17-20(18-33(27)21-8-2-1-3-9-21)29-31-28(32-37-29)19-14-15-24-26(16-19)38-25-13-7-6-12-23(25)30(36)34(24)22-10-4-5-11-22/h1-3,6-9,12-16,20,22H,4-5,10-11,17-18H2/t20-/m0/s1. The fraction of sp³-hybridized carbons (Fsp3) is 0.267. The van der Waals surface area contributed by atoms with E-state index in [1.807, 2.05) is 71.6 Å². The molecule has 2 aliphatic heterocycles. The lowest BCUT2D eigenvalue weighted by Gasteiger charge is -2.29. The monoisotopic (exact) mass is 522 g/mol. The third kappa shape index (κ3) is 4.00. The number of amides is 2. The first-order chi connectivity index (χ1) is 18.7. The largest absolute Gasteiger partial charge is 0.339 e. The number of carbonyl (C=O) groups is 2. The first-order valence-corrected chi connectivity index (χ1v) is 13.9. The molecule has 1 saturated heterocycles. The average molecular weight is 523 g/mol. The quantitative estimate of drug-likeness (QED) is 0.312. The summed E-state index contributed by atoms with van der Waals surface area (Å²) in [5.74, 6) is 0.939. The van der Waals surface area contributed by atoms with Crippen molar-refractivity contribution in [2.24, 2.45) is 0 Å². The molecule has 1 aliphatic carbocycles. The predicted molar refractivity (Wildman–Crippen MR) is 146 cm³/mol. The predicted octanol–water partition coefficient (Wildman–Crippen LogP) is 6.31. The Labute approximate surface area is 224 Å². The van der Waals surface area contributed by atoms with E-state index >= 15 is 0 Å². The normalized spacial score (nSPS) is 19.5. The van der Waals surface area contributed by atoms with Gasteiger partial charge in [-0.25, -0.2) is 0 Å². The van der Waals surface area contributed by atoms with Gasteiger partial charge in [0.05, 0.1) is 17.2 Å². The third-order valence-corrected chi connectivity index (χ3v) is 8.83. The van der Waals surface area contributed by atoms with Crippen LogP contribution in [-0.4, -0.2) is 34.5 Å². The zero-order chi connectivity index (χ0) is 25.6. The van der Waals surface area contributed by atoms with Crippen LogP contribution in [0.3, 0.4) is 0 Å². The van der Waals surface area contributed by atoms with Gasteiger partial charge in [0, 0.05) is 40.0 Å². The Kier molecular flexibility index (Phi) is 5.77. The van der Waals surface area contributed by atoms with Crippen molar-refractivity contribution >= 4 is 35.0 Å². The lowest BCUT2D eigenvalue weighted by atomic mass is 10.1. The maximum Gasteiger partial charge on any atom is 0.259 e. The summed E-state index contributed by atoms with van der Waals surface area (Å²) < 4.78 is 5.67. The number of fused-ring (bicyclic) bond motifs is 2. The van der Waals surface area contributed by atoms with Crippen molar-refractivity contribution in [3.8, 4) is 11.4 Å². The van der Waals surface area contributed by atoms with Gasteiger partial charge in [-0.15, -0.1) is 0 Å². The van der Waals surface area contributed by atoms with E-state index in [1.54, 1.807) is 16.7 Å². The molecule has 0 N–H and O–H groups in total. The van der Waals surface area contributed by atoms with Crippen LogP contribution in [0, 0.1) is 0 Å². The van der Waals surface area contributed by atoms with Crippen molar-refractivity contribution in [2.75, 3.05) is 16.3 Å². The van der Waals surface area contributed by atoms with Crippen LogP contribution in [0.5, 0.6) is 0 Å². The van der Waals surface area contributed by atoms with Gasteiger partial charge in [0.25, 0.3) is 5.91 Å². The van der Waals surface area contributed by atoms with E-state index in [4.69, 9.17) is 9.51 Å². The molecule has 0 unspecified atom stereocenters. The van der Waals surface area contributed by atoms with Crippen molar-refractivity contribution < 1.29 is 14.1 Å². The second-order valence-corrected chi connectivity index (χ2v) is 11.2. The number of rotatable bonds is 4. The Balaban J connectivity index is 1.20. The van der Waals surface area contributed by atoms with Crippen LogP contribution in [0.25, 0.3) is 11.4 Å². The first-order valence-electron chi connectivity index (χ1n) is 13.1. The molecule has 3 aliphatic rings. The van der Waals surface area contributed by atoms with Gasteiger partial charge in [-0.2, -0.15) is 4.98 Å². The molecule has 7 rings (SSSR count). The second kappa shape index (κ2) is 9.44. The zero-order valence-electron chi connectivity index (χ0n) is 20.7. The van der Waals surface area contributed by atoms with Crippen LogP contribution in [-0.2, 0) is 4.79 Å². The van der Waals surface area contributed by atoms with Crippen molar-refractivity contribution in [2.45, 2.75) is 53.9 Å². The number of hydrogen-bond donors (Lipinski definition) is 0. The van der Waals surface area contributed by atoms with Gasteiger partial charge >= 0.3 is 0 Å². The second-order valence-electron chi connectivity index (χ2n) is 10.1. The lowest BCUT2D eigenvalue weighted by Crippen LogP contribution is -2.39. The smallest absolute Gasteiger partial charge is 0.259 e. The van der Waals surface area contributed by atoms with Crippen LogP contribution >= 0.6 is 11.8 Å². The van der Waals surface area contributed by atoms with E-state index in [0.29, 0.717) is 24.7 Å². The molecule has 38 heavy (non-hydrogen) atoms. The minimum Gasteiger partial charge on any atom is -0.339 e. The minimum atomic E-state index is -0.151. The SMILES string of the molecule is O=C1C[C@H](c2nc(-c3ccc4c(c3)Sc3ccccc3C(=O)N4C3CCCC3)no2)CN1c1ccccc1. The molecule has 3 aromatic carbocycles. The highest BCUT2D eigenvalue weighted by atomic mass is 32.2. The van der Waals surface area contributed by atoms with Gasteiger partial charge in [0.2, 0.25) is 17.6 Å². The highest BCUT2D eigenvalue weighted by molar-refractivity contribution is 7.99. The lowest BCUT2D eigenvalue weighted by molar-refractivity contribution is -0.117. The molecule has 0 bridgehead atoms. The number of anilines is 2. The van der Waals surface area contributed by atoms with E-state index in [0.717, 1.165) is 58.0 Å². The van der Waals surface area contributed by atoms with E-state index in [9.17, 15) is 9.59 Å². The van der Waals surface area contributed by atoms with Crippen molar-refractivity contribution in [3.63, 3.8) is 0 Å². The molecule has 3 heterocycles. The Morgan fingerprint density at radius 3 is 2.53 bits per heavy atom. The van der Waals surface area contributed by atoms with Crippen LogP contribution < -0.4 is 9.80 Å². The molecule has 1 saturated carbocycles. The molecule has 7 nitrogen and oxygen atoms in total. The highest BCUT2D eigenvalue weighted by Gasteiger charge is 2.36. The van der Waals surface area contributed by atoms with Crippen LogP contribution in [0.4, 0.5) is 11.4 Å². The Morgan fingerprint density at radius 1 is 0.895 bits per heavy atom. The summed E-state index contributed by atoms with van der Waals surface area (Å²) in [6.07, 6.45) is 4.68. The molecule has 190 valence electrons. The Bertz CT molecular complexity index is 1530. The Morgan fingerprint density at radius 2 is 1.68 bits per heavy atom. The maximum atomic E-state index is 13.7. The van der Waals surface area contributed by atoms with E-state index in [-0.39, 0.29) is 23.8 Å². The fourth-order valence-electron chi connectivity index (χ4n) is 5.80. The van der Waals surface area contributed by atoms with Crippen molar-refractivity contribution in [3.05, 3.63) is 84.3 Å². The third-order valence-electron chi connectivity index (χ3n) is 7.71. The highest BCUT2D eigenvalue weighted by Crippen LogP contribution is 2.45. The minimum absolute atomic E-state index is 0.0534. The number of para-hydroxylation sites is 1. The molecule has 2 amide bonds. The van der Waals surface area contributed by atoms with Gasteiger partial charge in [0.15, 0.2) is 0 Å². The van der Waals surface area contributed by atoms with Crippen LogP contribution in [0.2, 0.25) is 0 Å². The van der Waals surface area contributed by atoms with Crippen LogP contribution in [0.15, 0.2) is 87.1 Å². The molecule has 1 atom stereocenters. The number of carbonyl (C=O) groups excluding carboxylic acids is 2. The average Bonchev–Trinajstić information content (AvgIpc) is 3.71. The molecule has 0 spiro atoms. The zero-order valence-corrected chi connectivity index (χ0v) is 21.6. The number of hydrogen-bond acceptors (Lipinski definition) is 6. The number of nitrogens with zero attached hydrogens (tertiary/aromatic N) is 4. The van der Waals surface area contributed by atoms with Gasteiger partial charge in [-0.05, 0) is 55.3 Å². The summed E-state index contributed by atoms with van der Waals surface area (Å²) in [6.45, 7) is 0.514. The summed E-state index contributed by atoms with van der Waals surface area (Å²) in [4.78, 5) is 36.8. The van der Waals surface area contributed by atoms with E-state index < -0.39 is 0 Å². The summed E-state index contributed by atoms with van der Waals surface area (Å²) in [5.41, 5.74) is 3.39. The van der Waals surface area contributed by atoms with Crippen LogP contribution in [0.1, 0.15) is 54.3 Å². The molecule has 1 aromatic heterocycles. The maximum absolute atomic E-state index is 13.7. The first kappa shape index (κ1) is 23.2. The molecule has 0 radical (unpaired) electrons. The van der Waals surface area contributed by atoms with Crippen molar-refractivity contribution in [1.82, 2.24) is 10.1 Å². The number of benzene rings is 3. The summed E-state index contributed by atoms with van der Waals surface area (Å²) in [6, 6.07) is 23.8.